The summed E-state index contributed by atoms with van der Waals surface area (Å²) in [5.74, 6) is 1.27. The van der Waals surface area contributed by atoms with Crippen LogP contribution in [0.1, 0.15) is 21.5 Å². The zero-order chi connectivity index (χ0) is 23.4. The maximum absolute atomic E-state index is 12.9. The molecule has 0 aliphatic heterocycles. The first-order valence-electron chi connectivity index (χ1n) is 10.6. The summed E-state index contributed by atoms with van der Waals surface area (Å²) in [5.41, 5.74) is 4.22. The van der Waals surface area contributed by atoms with Gasteiger partial charge in [-0.1, -0.05) is 60.2 Å². The van der Waals surface area contributed by atoms with Crippen molar-refractivity contribution in [3.8, 4) is 28.4 Å². The van der Waals surface area contributed by atoms with Crippen molar-refractivity contribution in [2.45, 2.75) is 13.5 Å². The van der Waals surface area contributed by atoms with Gasteiger partial charge in [0.1, 0.15) is 12.4 Å². The predicted octanol–water partition coefficient (Wildman–Crippen LogP) is 6.20. The average molecular weight is 443 g/mol. The topological polar surface area (TPSA) is 54.0 Å². The number of ether oxygens (including phenoxy) is 4. The van der Waals surface area contributed by atoms with Gasteiger partial charge in [-0.15, -0.1) is 0 Å². The predicted molar refractivity (Wildman–Crippen MR) is 129 cm³/mol. The molecule has 0 N–H and O–H groups in total. The monoisotopic (exact) mass is 442 g/mol. The van der Waals surface area contributed by atoms with Gasteiger partial charge in [0.05, 0.1) is 26.9 Å². The van der Waals surface area contributed by atoms with E-state index in [9.17, 15) is 4.79 Å². The van der Waals surface area contributed by atoms with E-state index in [4.69, 9.17) is 18.9 Å². The van der Waals surface area contributed by atoms with Crippen LogP contribution in [-0.4, -0.2) is 27.3 Å². The standard InChI is InChI=1S/C28H26O5/c1-18-10-12-20(13-11-18)27-22-15-26(31-3)25(30-2)14-21(22)24(16-23(27)28(29)32-4)33-17-19-8-6-5-7-9-19/h5-16H,17H2,1-4H3. The largest absolute Gasteiger partial charge is 0.493 e. The molecule has 0 aliphatic carbocycles. The molecule has 0 saturated carbocycles. The van der Waals surface area contributed by atoms with Gasteiger partial charge in [-0.2, -0.15) is 0 Å². The van der Waals surface area contributed by atoms with Crippen LogP contribution in [0.2, 0.25) is 0 Å². The van der Waals surface area contributed by atoms with Gasteiger partial charge in [0, 0.05) is 10.9 Å². The van der Waals surface area contributed by atoms with Crippen molar-refractivity contribution in [3.63, 3.8) is 0 Å². The van der Waals surface area contributed by atoms with Crippen LogP contribution in [-0.2, 0) is 11.3 Å². The van der Waals surface area contributed by atoms with Gasteiger partial charge in [0.2, 0.25) is 0 Å². The molecule has 0 fully saturated rings. The van der Waals surface area contributed by atoms with E-state index in [0.29, 0.717) is 29.4 Å². The Kier molecular flexibility index (Phi) is 6.50. The van der Waals surface area contributed by atoms with Crippen LogP contribution in [0.5, 0.6) is 17.2 Å². The van der Waals surface area contributed by atoms with Gasteiger partial charge in [-0.3, -0.25) is 0 Å². The SMILES string of the molecule is COC(=O)c1cc(OCc2ccccc2)c2cc(OC)c(OC)cc2c1-c1ccc(C)cc1. The Bertz CT molecular complexity index is 1280. The van der Waals surface area contributed by atoms with Gasteiger partial charge in [0.15, 0.2) is 11.5 Å². The second kappa shape index (κ2) is 9.65. The van der Waals surface area contributed by atoms with Crippen molar-refractivity contribution >= 4 is 16.7 Å². The summed E-state index contributed by atoms with van der Waals surface area (Å²) < 4.78 is 22.5. The quantitative estimate of drug-likeness (QED) is 0.319. The highest BCUT2D eigenvalue weighted by atomic mass is 16.5. The molecule has 33 heavy (non-hydrogen) atoms. The maximum Gasteiger partial charge on any atom is 0.338 e. The smallest absolute Gasteiger partial charge is 0.338 e. The number of benzene rings is 4. The van der Waals surface area contributed by atoms with Gasteiger partial charge >= 0.3 is 5.97 Å². The molecule has 0 atom stereocenters. The first-order chi connectivity index (χ1) is 16.0. The minimum Gasteiger partial charge on any atom is -0.493 e. The zero-order valence-electron chi connectivity index (χ0n) is 19.2. The van der Waals surface area contributed by atoms with Crippen LogP contribution in [0.4, 0.5) is 0 Å². The second-order valence-electron chi connectivity index (χ2n) is 7.68. The maximum atomic E-state index is 12.9. The fraction of sp³-hybridized carbons (Fsp3) is 0.179. The Balaban J connectivity index is 1.99. The summed E-state index contributed by atoms with van der Waals surface area (Å²) in [6.07, 6.45) is 0. The van der Waals surface area contributed by atoms with Crippen LogP contribution in [0.15, 0.2) is 72.8 Å². The Labute approximate surface area is 193 Å². The molecule has 5 nitrogen and oxygen atoms in total. The molecule has 0 heterocycles. The molecule has 4 aromatic rings. The third-order valence-electron chi connectivity index (χ3n) is 5.59. The summed E-state index contributed by atoms with van der Waals surface area (Å²) in [4.78, 5) is 12.9. The van der Waals surface area contributed by atoms with Crippen molar-refractivity contribution in [1.82, 2.24) is 0 Å². The lowest BCUT2D eigenvalue weighted by atomic mass is 9.91. The highest BCUT2D eigenvalue weighted by molar-refractivity contribution is 6.11. The van der Waals surface area contributed by atoms with Crippen molar-refractivity contribution in [2.75, 3.05) is 21.3 Å². The van der Waals surface area contributed by atoms with E-state index in [2.05, 4.69) is 0 Å². The van der Waals surface area contributed by atoms with Crippen LogP contribution in [0, 0.1) is 6.92 Å². The van der Waals surface area contributed by atoms with Crippen LogP contribution < -0.4 is 14.2 Å². The minimum atomic E-state index is -0.438. The first-order valence-corrected chi connectivity index (χ1v) is 10.6. The number of hydrogen-bond acceptors (Lipinski definition) is 5. The van der Waals surface area contributed by atoms with Crippen molar-refractivity contribution in [1.29, 1.82) is 0 Å². The van der Waals surface area contributed by atoms with Gasteiger partial charge in [-0.05, 0) is 41.6 Å². The van der Waals surface area contributed by atoms with E-state index in [1.54, 1.807) is 20.3 Å². The molecule has 4 rings (SSSR count). The molecule has 4 aromatic carbocycles. The third kappa shape index (κ3) is 4.48. The number of fused-ring (bicyclic) bond motifs is 1. The summed E-state index contributed by atoms with van der Waals surface area (Å²) in [7, 11) is 4.56. The molecule has 0 spiro atoms. The molecule has 5 heteroatoms. The van der Waals surface area contributed by atoms with Crippen molar-refractivity contribution in [2.24, 2.45) is 0 Å². The summed E-state index contributed by atoms with van der Waals surface area (Å²) in [5, 5.41) is 1.62. The Hall–Kier alpha value is -3.99. The number of esters is 1. The fourth-order valence-electron chi connectivity index (χ4n) is 3.87. The fourth-order valence-corrected chi connectivity index (χ4v) is 3.87. The van der Waals surface area contributed by atoms with E-state index in [0.717, 1.165) is 33.0 Å². The van der Waals surface area contributed by atoms with E-state index in [1.807, 2.05) is 73.7 Å². The van der Waals surface area contributed by atoms with Crippen molar-refractivity contribution < 1.29 is 23.7 Å². The molecule has 0 unspecified atom stereocenters. The number of rotatable bonds is 7. The number of hydrogen-bond donors (Lipinski definition) is 0. The highest BCUT2D eigenvalue weighted by Crippen LogP contribution is 2.43. The normalized spacial score (nSPS) is 10.7. The molecule has 0 saturated heterocycles. The number of aryl methyl sites for hydroxylation is 1. The van der Waals surface area contributed by atoms with E-state index < -0.39 is 5.97 Å². The molecule has 168 valence electrons. The van der Waals surface area contributed by atoms with Crippen LogP contribution in [0.3, 0.4) is 0 Å². The number of methoxy groups -OCH3 is 3. The number of carbonyl (C=O) groups is 1. The lowest BCUT2D eigenvalue weighted by Gasteiger charge is -2.19. The highest BCUT2D eigenvalue weighted by Gasteiger charge is 2.22. The Morgan fingerprint density at radius 1 is 0.758 bits per heavy atom. The van der Waals surface area contributed by atoms with Gasteiger partial charge < -0.3 is 18.9 Å². The molecule has 0 aliphatic rings. The van der Waals surface area contributed by atoms with E-state index in [-0.39, 0.29) is 0 Å². The molecule has 0 aromatic heterocycles. The molecular formula is C28H26O5. The second-order valence-corrected chi connectivity index (χ2v) is 7.68. The summed E-state index contributed by atoms with van der Waals surface area (Å²) in [6, 6.07) is 23.4. The third-order valence-corrected chi connectivity index (χ3v) is 5.59. The summed E-state index contributed by atoms with van der Waals surface area (Å²) in [6.45, 7) is 2.38. The molecule has 0 amide bonds. The zero-order valence-corrected chi connectivity index (χ0v) is 19.2. The van der Waals surface area contributed by atoms with Crippen molar-refractivity contribution in [3.05, 3.63) is 89.5 Å². The lowest BCUT2D eigenvalue weighted by molar-refractivity contribution is 0.0601. The number of carbonyl (C=O) groups excluding carboxylic acids is 1. The molecule has 0 bridgehead atoms. The van der Waals surface area contributed by atoms with Crippen LogP contribution >= 0.6 is 0 Å². The first kappa shape index (κ1) is 22.2. The van der Waals surface area contributed by atoms with Crippen LogP contribution in [0.25, 0.3) is 21.9 Å². The average Bonchev–Trinajstić information content (AvgIpc) is 2.86. The van der Waals surface area contributed by atoms with Gasteiger partial charge in [-0.25, -0.2) is 4.79 Å². The lowest BCUT2D eigenvalue weighted by Crippen LogP contribution is -2.06. The Morgan fingerprint density at radius 2 is 1.39 bits per heavy atom. The molecule has 0 radical (unpaired) electrons. The van der Waals surface area contributed by atoms with E-state index in [1.165, 1.54) is 7.11 Å². The Morgan fingerprint density at radius 3 is 2.00 bits per heavy atom. The van der Waals surface area contributed by atoms with E-state index >= 15 is 0 Å². The van der Waals surface area contributed by atoms with Gasteiger partial charge in [0.25, 0.3) is 0 Å². The molecular weight excluding hydrogens is 416 g/mol. The minimum absolute atomic E-state index is 0.356. The summed E-state index contributed by atoms with van der Waals surface area (Å²) >= 11 is 0.